The van der Waals surface area contributed by atoms with Crippen LogP contribution in [0.15, 0.2) is 42.5 Å². The van der Waals surface area contributed by atoms with Gasteiger partial charge in [0.05, 0.1) is 13.2 Å². The molecule has 0 amide bonds. The van der Waals surface area contributed by atoms with Gasteiger partial charge in [-0.05, 0) is 55.4 Å². The number of ether oxygens (including phenoxy) is 2. The summed E-state index contributed by atoms with van der Waals surface area (Å²) < 4.78 is 11.7. The summed E-state index contributed by atoms with van der Waals surface area (Å²) in [6.07, 6.45) is 4.45. The molecule has 1 unspecified atom stereocenters. The third-order valence-electron chi connectivity index (χ3n) is 5.70. The number of halogens is 1. The predicted molar refractivity (Wildman–Crippen MR) is 111 cm³/mol. The third kappa shape index (κ3) is 4.08. The smallest absolute Gasteiger partial charge is 0.126 e. The van der Waals surface area contributed by atoms with Crippen molar-refractivity contribution in [3.63, 3.8) is 0 Å². The molecule has 0 spiro atoms. The molecule has 4 rings (SSSR count). The molecular formula is C22H29ClN2O2. The molecule has 2 aromatic carbocycles. The molecule has 0 radical (unpaired) electrons. The van der Waals surface area contributed by atoms with E-state index in [0.29, 0.717) is 5.92 Å². The fourth-order valence-electron chi connectivity index (χ4n) is 4.56. The van der Waals surface area contributed by atoms with E-state index in [0.717, 1.165) is 37.3 Å². The lowest BCUT2D eigenvalue weighted by Crippen LogP contribution is -2.44. The minimum Gasteiger partial charge on any atom is -0.497 e. The van der Waals surface area contributed by atoms with Crippen molar-refractivity contribution in [2.45, 2.75) is 44.8 Å². The number of nitrogens with two attached hydrogens (primary N) is 1. The Labute approximate surface area is 168 Å². The Hall–Kier alpha value is -1.75. The topological polar surface area (TPSA) is 47.7 Å². The highest BCUT2D eigenvalue weighted by atomic mass is 35.5. The van der Waals surface area contributed by atoms with Crippen molar-refractivity contribution in [3.8, 4) is 11.5 Å². The van der Waals surface area contributed by atoms with Gasteiger partial charge in [-0.15, -0.1) is 12.4 Å². The average molecular weight is 389 g/mol. The average Bonchev–Trinajstić information content (AvgIpc) is 3.03. The molecule has 2 heterocycles. The first-order chi connectivity index (χ1) is 12.7. The Morgan fingerprint density at radius 1 is 1.22 bits per heavy atom. The minimum absolute atomic E-state index is 0. The number of hydrogen-bond donors (Lipinski definition) is 1. The number of hydrogen-bond acceptors (Lipinski definition) is 4. The van der Waals surface area contributed by atoms with E-state index in [4.69, 9.17) is 15.3 Å². The van der Waals surface area contributed by atoms with E-state index in [9.17, 15) is 0 Å². The van der Waals surface area contributed by atoms with E-state index >= 15 is 0 Å². The Balaban J connectivity index is 0.00000210. The summed E-state index contributed by atoms with van der Waals surface area (Å²) in [5.74, 6) is 8.88. The zero-order valence-corrected chi connectivity index (χ0v) is 16.9. The summed E-state index contributed by atoms with van der Waals surface area (Å²) in [4.78, 5) is 0. The molecule has 0 bridgehead atoms. The lowest BCUT2D eigenvalue weighted by Gasteiger charge is -2.39. The zero-order chi connectivity index (χ0) is 18.1. The van der Waals surface area contributed by atoms with E-state index in [1.807, 2.05) is 5.01 Å². The van der Waals surface area contributed by atoms with Crippen LogP contribution in [0.25, 0.3) is 0 Å². The van der Waals surface area contributed by atoms with Crippen LogP contribution in [0.5, 0.6) is 11.5 Å². The van der Waals surface area contributed by atoms with Gasteiger partial charge in [-0.1, -0.05) is 30.3 Å². The first kappa shape index (κ1) is 20.0. The number of piperidine rings is 1. The Kier molecular flexibility index (Phi) is 6.30. The van der Waals surface area contributed by atoms with Crippen molar-refractivity contribution in [1.29, 1.82) is 0 Å². The van der Waals surface area contributed by atoms with Crippen molar-refractivity contribution in [2.75, 3.05) is 13.7 Å². The van der Waals surface area contributed by atoms with Gasteiger partial charge in [0.1, 0.15) is 17.6 Å². The monoisotopic (exact) mass is 388 g/mol. The second-order valence-corrected chi connectivity index (χ2v) is 7.61. The fraction of sp³-hybridized carbons (Fsp3) is 0.455. The molecule has 0 aliphatic carbocycles. The second-order valence-electron chi connectivity index (χ2n) is 7.61. The number of benzene rings is 2. The van der Waals surface area contributed by atoms with Crippen molar-refractivity contribution >= 4 is 12.4 Å². The van der Waals surface area contributed by atoms with Crippen LogP contribution in [-0.2, 0) is 12.8 Å². The van der Waals surface area contributed by atoms with Crippen LogP contribution < -0.4 is 15.3 Å². The molecule has 4 nitrogen and oxygen atoms in total. The van der Waals surface area contributed by atoms with Crippen LogP contribution in [0.1, 0.15) is 42.5 Å². The summed E-state index contributed by atoms with van der Waals surface area (Å²) in [5.41, 5.74) is 3.82. The Morgan fingerprint density at radius 3 is 2.74 bits per heavy atom. The van der Waals surface area contributed by atoms with Crippen LogP contribution in [-0.4, -0.2) is 24.8 Å². The molecule has 2 aliphatic rings. The lowest BCUT2D eigenvalue weighted by molar-refractivity contribution is 0.0920. The summed E-state index contributed by atoms with van der Waals surface area (Å²) in [6, 6.07) is 15.2. The van der Waals surface area contributed by atoms with Gasteiger partial charge >= 0.3 is 0 Å². The van der Waals surface area contributed by atoms with Gasteiger partial charge in [-0.2, -0.15) is 0 Å². The summed E-state index contributed by atoms with van der Waals surface area (Å²) in [6.45, 7) is 3.07. The van der Waals surface area contributed by atoms with E-state index < -0.39 is 0 Å². The quantitative estimate of drug-likeness (QED) is 0.793. The standard InChI is InChI=1S/C22H28N2O2.ClH/c1-15-11-18-13-20(25-2)14-19(22(18)26-15)12-17-9-6-10-24(23)21(17)16-7-4-3-5-8-16;/h3-5,7-8,13-15,17,21H,6,9-12,23H2,1-2H3;1H/t15-,17-,21?;/m0./s1. The number of hydrazine groups is 1. The maximum absolute atomic E-state index is 6.42. The molecule has 2 N–H and O–H groups in total. The lowest BCUT2D eigenvalue weighted by atomic mass is 9.81. The molecule has 1 saturated heterocycles. The second kappa shape index (κ2) is 8.51. The van der Waals surface area contributed by atoms with E-state index in [1.54, 1.807) is 7.11 Å². The van der Waals surface area contributed by atoms with E-state index in [1.165, 1.54) is 23.1 Å². The molecule has 2 aromatic rings. The van der Waals surface area contributed by atoms with Crippen molar-refractivity contribution in [1.82, 2.24) is 5.01 Å². The van der Waals surface area contributed by atoms with Crippen LogP contribution in [0, 0.1) is 5.92 Å². The summed E-state index contributed by atoms with van der Waals surface area (Å²) in [5, 5.41) is 2.02. The maximum atomic E-state index is 6.42. The van der Waals surface area contributed by atoms with Gasteiger partial charge in [0.15, 0.2) is 0 Å². The van der Waals surface area contributed by atoms with Crippen LogP contribution in [0.2, 0.25) is 0 Å². The molecule has 5 heteroatoms. The highest BCUT2D eigenvalue weighted by molar-refractivity contribution is 5.85. The normalized spacial score (nSPS) is 24.6. The molecule has 27 heavy (non-hydrogen) atoms. The first-order valence-electron chi connectivity index (χ1n) is 9.58. The Bertz CT molecular complexity index is 768. The highest BCUT2D eigenvalue weighted by Gasteiger charge is 2.33. The molecule has 2 aliphatic heterocycles. The number of rotatable bonds is 4. The Morgan fingerprint density at radius 2 is 2.00 bits per heavy atom. The molecule has 146 valence electrons. The predicted octanol–water partition coefficient (Wildman–Crippen LogP) is 4.31. The number of nitrogens with zero attached hydrogens (tertiary/aromatic N) is 1. The first-order valence-corrected chi connectivity index (χ1v) is 9.58. The van der Waals surface area contributed by atoms with E-state index in [2.05, 4.69) is 49.4 Å². The maximum Gasteiger partial charge on any atom is 0.126 e. The molecule has 0 saturated carbocycles. The van der Waals surface area contributed by atoms with Gasteiger partial charge in [0.2, 0.25) is 0 Å². The zero-order valence-electron chi connectivity index (χ0n) is 16.1. The molecular weight excluding hydrogens is 360 g/mol. The van der Waals surface area contributed by atoms with Crippen molar-refractivity contribution in [2.24, 2.45) is 11.8 Å². The van der Waals surface area contributed by atoms with E-state index in [-0.39, 0.29) is 24.6 Å². The summed E-state index contributed by atoms with van der Waals surface area (Å²) in [7, 11) is 1.74. The SMILES string of the molecule is COc1cc(C[C@@H]2CCCN(N)C2c2ccccc2)c2c(c1)C[C@H](C)O2.Cl. The molecule has 0 aromatic heterocycles. The third-order valence-corrected chi connectivity index (χ3v) is 5.70. The molecule has 3 atom stereocenters. The van der Waals surface area contributed by atoms with Crippen molar-refractivity contribution in [3.05, 3.63) is 59.2 Å². The highest BCUT2D eigenvalue weighted by Crippen LogP contribution is 2.42. The van der Waals surface area contributed by atoms with Crippen LogP contribution in [0.4, 0.5) is 0 Å². The van der Waals surface area contributed by atoms with Gasteiger partial charge in [0.25, 0.3) is 0 Å². The van der Waals surface area contributed by atoms with Crippen LogP contribution >= 0.6 is 12.4 Å². The molecule has 1 fully saturated rings. The van der Waals surface area contributed by atoms with Gasteiger partial charge in [-0.25, -0.2) is 5.01 Å². The van der Waals surface area contributed by atoms with Gasteiger partial charge in [0, 0.05) is 18.5 Å². The fourth-order valence-corrected chi connectivity index (χ4v) is 4.56. The van der Waals surface area contributed by atoms with Gasteiger partial charge in [-0.3, -0.25) is 5.84 Å². The van der Waals surface area contributed by atoms with Gasteiger partial charge < -0.3 is 9.47 Å². The number of fused-ring (bicyclic) bond motifs is 1. The number of methoxy groups -OCH3 is 1. The summed E-state index contributed by atoms with van der Waals surface area (Å²) >= 11 is 0. The largest absolute Gasteiger partial charge is 0.497 e. The van der Waals surface area contributed by atoms with Crippen molar-refractivity contribution < 1.29 is 9.47 Å². The minimum atomic E-state index is 0. The van der Waals surface area contributed by atoms with Crippen LogP contribution in [0.3, 0.4) is 0 Å².